The molecule has 116 valence electrons. The fraction of sp³-hybridized carbons (Fsp3) is 0.375. The van der Waals surface area contributed by atoms with E-state index in [1.165, 1.54) is 10.6 Å². The molecule has 0 bridgehead atoms. The Morgan fingerprint density at radius 3 is 2.73 bits per heavy atom. The van der Waals surface area contributed by atoms with Gasteiger partial charge in [-0.3, -0.25) is 14.3 Å². The summed E-state index contributed by atoms with van der Waals surface area (Å²) in [5.41, 5.74) is 0.379. The second-order valence-electron chi connectivity index (χ2n) is 5.49. The summed E-state index contributed by atoms with van der Waals surface area (Å²) in [4.78, 5) is 27.1. The summed E-state index contributed by atoms with van der Waals surface area (Å²) >= 11 is 0. The number of ether oxygens (including phenoxy) is 1. The van der Waals surface area contributed by atoms with Gasteiger partial charge in [0.2, 0.25) is 0 Å². The lowest BCUT2D eigenvalue weighted by atomic mass is 10.1. The number of H-pyrrole nitrogens is 1. The summed E-state index contributed by atoms with van der Waals surface area (Å²) in [5, 5.41) is 3.16. The first kappa shape index (κ1) is 14.6. The molecule has 1 aliphatic heterocycles. The van der Waals surface area contributed by atoms with Crippen LogP contribution in [0.15, 0.2) is 46.0 Å². The highest BCUT2D eigenvalue weighted by atomic mass is 16.5. The fourth-order valence-corrected chi connectivity index (χ4v) is 2.71. The molecule has 2 heterocycles. The van der Waals surface area contributed by atoms with E-state index in [0.29, 0.717) is 25.5 Å². The van der Waals surface area contributed by atoms with E-state index in [4.69, 9.17) is 4.74 Å². The first-order valence-electron chi connectivity index (χ1n) is 7.40. The van der Waals surface area contributed by atoms with Gasteiger partial charge in [0.1, 0.15) is 5.82 Å². The summed E-state index contributed by atoms with van der Waals surface area (Å²) in [6.45, 7) is 2.97. The van der Waals surface area contributed by atoms with Crippen molar-refractivity contribution in [1.29, 1.82) is 0 Å². The fourth-order valence-electron chi connectivity index (χ4n) is 2.71. The molecule has 3 rings (SSSR count). The maximum atomic E-state index is 12.2. The molecule has 6 nitrogen and oxygen atoms in total. The number of nitrogens with one attached hydrogen (secondary N) is 2. The van der Waals surface area contributed by atoms with Crippen LogP contribution in [0.5, 0.6) is 0 Å². The van der Waals surface area contributed by atoms with Gasteiger partial charge >= 0.3 is 5.69 Å². The predicted molar refractivity (Wildman–Crippen MR) is 84.3 cm³/mol. The second-order valence-corrected chi connectivity index (χ2v) is 5.49. The molecule has 1 aliphatic rings. The molecule has 0 radical (unpaired) electrons. The number of benzene rings is 1. The summed E-state index contributed by atoms with van der Waals surface area (Å²) < 4.78 is 6.49. The molecule has 0 spiro atoms. The van der Waals surface area contributed by atoms with Gasteiger partial charge in [-0.2, -0.15) is 0 Å². The first-order valence-corrected chi connectivity index (χ1v) is 7.40. The molecule has 1 saturated heterocycles. The van der Waals surface area contributed by atoms with Crippen molar-refractivity contribution in [3.8, 4) is 0 Å². The van der Waals surface area contributed by atoms with Crippen molar-refractivity contribution in [3.05, 3.63) is 62.8 Å². The van der Waals surface area contributed by atoms with Crippen LogP contribution in [0.1, 0.15) is 31.0 Å². The van der Waals surface area contributed by atoms with Crippen molar-refractivity contribution in [2.24, 2.45) is 0 Å². The molecule has 1 fully saturated rings. The third kappa shape index (κ3) is 2.96. The number of hydrogen-bond donors (Lipinski definition) is 2. The second kappa shape index (κ2) is 6.19. The van der Waals surface area contributed by atoms with E-state index in [0.717, 1.165) is 5.56 Å². The topological polar surface area (TPSA) is 76.1 Å². The normalized spacial score (nSPS) is 19.0. The molecule has 1 aromatic heterocycles. The van der Waals surface area contributed by atoms with E-state index >= 15 is 0 Å². The summed E-state index contributed by atoms with van der Waals surface area (Å²) in [6.07, 6.45) is 0.691. The molecule has 22 heavy (non-hydrogen) atoms. The van der Waals surface area contributed by atoms with E-state index < -0.39 is 5.69 Å². The number of aromatic nitrogens is 2. The van der Waals surface area contributed by atoms with Crippen molar-refractivity contribution >= 4 is 5.82 Å². The van der Waals surface area contributed by atoms with Crippen LogP contribution < -0.4 is 16.6 Å². The van der Waals surface area contributed by atoms with E-state index in [1.807, 2.05) is 37.3 Å². The van der Waals surface area contributed by atoms with E-state index in [2.05, 4.69) is 10.3 Å². The highest BCUT2D eigenvalue weighted by Gasteiger charge is 2.21. The number of rotatable bonds is 4. The Morgan fingerprint density at radius 1 is 1.32 bits per heavy atom. The Morgan fingerprint density at radius 2 is 2.09 bits per heavy atom. The number of anilines is 1. The zero-order chi connectivity index (χ0) is 15.5. The maximum Gasteiger partial charge on any atom is 0.330 e. The van der Waals surface area contributed by atoms with Gasteiger partial charge in [0.25, 0.3) is 5.56 Å². The lowest BCUT2D eigenvalue weighted by molar-refractivity contribution is 0.185. The molecular weight excluding hydrogens is 282 g/mol. The maximum absolute atomic E-state index is 12.2. The number of aromatic amines is 1. The van der Waals surface area contributed by atoms with Crippen LogP contribution in [0.25, 0.3) is 0 Å². The lowest BCUT2D eigenvalue weighted by Crippen LogP contribution is -2.38. The van der Waals surface area contributed by atoms with Gasteiger partial charge in [0.05, 0.1) is 12.6 Å². The quantitative estimate of drug-likeness (QED) is 0.900. The van der Waals surface area contributed by atoms with Crippen LogP contribution in [0.3, 0.4) is 0 Å². The van der Waals surface area contributed by atoms with Crippen LogP contribution in [-0.2, 0) is 4.74 Å². The molecule has 0 saturated carbocycles. The molecule has 2 N–H and O–H groups in total. The van der Waals surface area contributed by atoms with E-state index in [-0.39, 0.29) is 17.6 Å². The highest BCUT2D eigenvalue weighted by Crippen LogP contribution is 2.17. The van der Waals surface area contributed by atoms with E-state index in [9.17, 15) is 9.59 Å². The Bertz CT molecular complexity index is 714. The molecular formula is C16H19N3O3. The smallest absolute Gasteiger partial charge is 0.330 e. The molecule has 2 aromatic rings. The minimum Gasteiger partial charge on any atom is -0.379 e. The lowest BCUT2D eigenvalue weighted by Gasteiger charge is -2.16. The largest absolute Gasteiger partial charge is 0.379 e. The van der Waals surface area contributed by atoms with Crippen molar-refractivity contribution in [2.75, 3.05) is 18.5 Å². The van der Waals surface area contributed by atoms with Crippen LogP contribution in [0.4, 0.5) is 5.82 Å². The molecule has 6 heteroatoms. The average molecular weight is 301 g/mol. The van der Waals surface area contributed by atoms with E-state index in [1.54, 1.807) is 0 Å². The molecule has 1 aromatic carbocycles. The van der Waals surface area contributed by atoms with Gasteiger partial charge in [0, 0.05) is 18.7 Å². The molecule has 2 atom stereocenters. The Hall–Kier alpha value is -2.34. The molecule has 0 amide bonds. The minimum absolute atomic E-state index is 0.0121. The van der Waals surface area contributed by atoms with Crippen molar-refractivity contribution in [2.45, 2.75) is 25.4 Å². The van der Waals surface area contributed by atoms with Gasteiger partial charge in [-0.1, -0.05) is 30.3 Å². The zero-order valence-electron chi connectivity index (χ0n) is 12.4. The third-order valence-electron chi connectivity index (χ3n) is 3.91. The molecule has 2 unspecified atom stereocenters. The third-order valence-corrected chi connectivity index (χ3v) is 3.91. The van der Waals surface area contributed by atoms with Gasteiger partial charge < -0.3 is 10.1 Å². The summed E-state index contributed by atoms with van der Waals surface area (Å²) in [6, 6.07) is 11.1. The van der Waals surface area contributed by atoms with Crippen LogP contribution in [0, 0.1) is 0 Å². The average Bonchev–Trinajstić information content (AvgIpc) is 3.01. The Kier molecular flexibility index (Phi) is 4.11. The number of hydrogen-bond acceptors (Lipinski definition) is 4. The SMILES string of the molecule is CC(Nc1cc(=O)n(C2CCOC2)c(=O)[nH]1)c1ccccc1. The first-order chi connectivity index (χ1) is 10.6. The predicted octanol–water partition coefficient (Wildman–Crippen LogP) is 1.67. The van der Waals surface area contributed by atoms with Crippen LogP contribution in [0.2, 0.25) is 0 Å². The van der Waals surface area contributed by atoms with Gasteiger partial charge in [-0.05, 0) is 18.9 Å². The Labute approximate surface area is 127 Å². The molecule has 0 aliphatic carbocycles. The van der Waals surface area contributed by atoms with Gasteiger partial charge in [0.15, 0.2) is 0 Å². The van der Waals surface area contributed by atoms with Crippen LogP contribution >= 0.6 is 0 Å². The van der Waals surface area contributed by atoms with Crippen LogP contribution in [-0.4, -0.2) is 22.8 Å². The van der Waals surface area contributed by atoms with Gasteiger partial charge in [-0.25, -0.2) is 4.79 Å². The minimum atomic E-state index is -0.397. The number of nitrogens with zero attached hydrogens (tertiary/aromatic N) is 1. The standard InChI is InChI=1S/C16H19N3O3/c1-11(12-5-3-2-4-6-12)17-14-9-15(20)19(16(21)18-14)13-7-8-22-10-13/h2-6,9,11,13,17H,7-8,10H2,1H3,(H,18,21). The summed E-state index contributed by atoms with van der Waals surface area (Å²) in [5.74, 6) is 0.432. The Balaban J connectivity index is 1.84. The van der Waals surface area contributed by atoms with Crippen molar-refractivity contribution in [1.82, 2.24) is 9.55 Å². The zero-order valence-corrected chi connectivity index (χ0v) is 12.4. The summed E-state index contributed by atoms with van der Waals surface area (Å²) in [7, 11) is 0. The van der Waals surface area contributed by atoms with Crippen molar-refractivity contribution < 1.29 is 4.74 Å². The van der Waals surface area contributed by atoms with Gasteiger partial charge in [-0.15, -0.1) is 0 Å². The highest BCUT2D eigenvalue weighted by molar-refractivity contribution is 5.36. The van der Waals surface area contributed by atoms with Crippen molar-refractivity contribution in [3.63, 3.8) is 0 Å². The monoisotopic (exact) mass is 301 g/mol.